The summed E-state index contributed by atoms with van der Waals surface area (Å²) >= 11 is 6.15. The number of ketones is 1. The van der Waals surface area contributed by atoms with Crippen LogP contribution in [0.5, 0.6) is 0 Å². The number of benzene rings is 2. The summed E-state index contributed by atoms with van der Waals surface area (Å²) in [5.41, 5.74) is 5.08. The molecule has 7 nitrogen and oxygen atoms in total. The van der Waals surface area contributed by atoms with Crippen LogP contribution >= 0.6 is 11.6 Å². The van der Waals surface area contributed by atoms with Gasteiger partial charge in [-0.05, 0) is 48.6 Å². The molecule has 2 aliphatic rings. The van der Waals surface area contributed by atoms with Crippen LogP contribution in [0.3, 0.4) is 0 Å². The normalized spacial score (nSPS) is 19.1. The molecule has 3 aromatic rings. The number of nitrogens with one attached hydrogen (secondary N) is 2. The molecule has 1 aliphatic heterocycles. The van der Waals surface area contributed by atoms with Crippen LogP contribution in [0.4, 0.5) is 0 Å². The maximum atomic E-state index is 13.6. The smallest absolute Gasteiger partial charge is 0.250 e. The van der Waals surface area contributed by atoms with Crippen molar-refractivity contribution in [2.24, 2.45) is 5.41 Å². The molecular weight excluding hydrogens is 474 g/mol. The van der Waals surface area contributed by atoms with Crippen molar-refractivity contribution in [1.82, 2.24) is 25.6 Å². The molecule has 184 valence electrons. The van der Waals surface area contributed by atoms with Gasteiger partial charge in [0.05, 0.1) is 18.4 Å². The molecule has 2 N–H and O–H groups in total. The minimum Gasteiger partial charge on any atom is -0.362 e. The van der Waals surface area contributed by atoms with Crippen LogP contribution in [-0.4, -0.2) is 26.7 Å². The molecule has 1 aromatic heterocycles. The summed E-state index contributed by atoms with van der Waals surface area (Å²) in [5.74, 6) is -0.655. The van der Waals surface area contributed by atoms with Gasteiger partial charge in [-0.2, -0.15) is 0 Å². The first kappa shape index (κ1) is 24.0. The van der Waals surface area contributed by atoms with Crippen molar-refractivity contribution < 1.29 is 9.59 Å². The molecule has 0 spiro atoms. The van der Waals surface area contributed by atoms with Gasteiger partial charge in [0.1, 0.15) is 5.69 Å². The second-order valence-corrected chi connectivity index (χ2v) is 10.6. The zero-order valence-corrected chi connectivity index (χ0v) is 21.3. The number of carbonyl (C=O) groups is 2. The first-order valence-corrected chi connectivity index (χ1v) is 12.3. The third-order valence-electron chi connectivity index (χ3n) is 6.68. The number of Topliss-reactive ketones (excluding diaryl/α,β-unsaturated/α-hetero) is 1. The number of para-hydroxylation sites is 1. The lowest BCUT2D eigenvalue weighted by Crippen LogP contribution is -2.40. The van der Waals surface area contributed by atoms with E-state index in [2.05, 4.69) is 34.8 Å². The molecule has 1 amide bonds. The SMILES string of the molecule is CC1=C(C(=O)NCc2cn(-c3ccccc3)nn2)C(c2ccc(Cl)cc2)C2=C(CC(C)(C)CC2=O)N1. The summed E-state index contributed by atoms with van der Waals surface area (Å²) in [6.07, 6.45) is 2.97. The number of nitrogens with zero attached hydrogens (tertiary/aromatic N) is 3. The molecule has 0 saturated carbocycles. The van der Waals surface area contributed by atoms with Gasteiger partial charge in [-0.1, -0.05) is 61.0 Å². The van der Waals surface area contributed by atoms with Crippen LogP contribution in [0.2, 0.25) is 5.02 Å². The van der Waals surface area contributed by atoms with E-state index in [9.17, 15) is 9.59 Å². The fourth-order valence-electron chi connectivity index (χ4n) is 5.08. The topological polar surface area (TPSA) is 88.9 Å². The summed E-state index contributed by atoms with van der Waals surface area (Å²) in [6, 6.07) is 17.0. The third-order valence-corrected chi connectivity index (χ3v) is 6.93. The lowest BCUT2D eigenvalue weighted by molar-refractivity contribution is -0.118. The molecular formula is C28H28ClN5O2. The van der Waals surface area contributed by atoms with Crippen molar-refractivity contribution in [2.45, 2.75) is 46.1 Å². The van der Waals surface area contributed by atoms with Gasteiger partial charge in [0.2, 0.25) is 5.91 Å². The molecule has 0 radical (unpaired) electrons. The Bertz CT molecular complexity index is 1390. The Balaban J connectivity index is 1.44. The van der Waals surface area contributed by atoms with Crippen molar-refractivity contribution in [3.05, 3.63) is 99.6 Å². The standard InChI is InChI=1S/C28H28ClN5O2/c1-17-24(27(36)30-15-20-16-34(33-32-20)21-7-5-4-6-8-21)25(18-9-11-19(29)12-10-18)26-22(31-17)13-28(2,3)14-23(26)35/h4-12,16,25,31H,13-15H2,1-3H3,(H,30,36). The summed E-state index contributed by atoms with van der Waals surface area (Å²) < 4.78 is 1.67. The molecule has 2 aromatic carbocycles. The minimum absolute atomic E-state index is 0.0669. The van der Waals surface area contributed by atoms with Crippen LogP contribution in [0.25, 0.3) is 5.69 Å². The number of amides is 1. The predicted molar refractivity (Wildman–Crippen MR) is 138 cm³/mol. The lowest BCUT2D eigenvalue weighted by Gasteiger charge is -2.39. The maximum Gasteiger partial charge on any atom is 0.250 e. The van der Waals surface area contributed by atoms with Gasteiger partial charge < -0.3 is 10.6 Å². The van der Waals surface area contributed by atoms with Gasteiger partial charge >= 0.3 is 0 Å². The van der Waals surface area contributed by atoms with E-state index in [-0.39, 0.29) is 23.7 Å². The van der Waals surface area contributed by atoms with Crippen molar-refractivity contribution in [2.75, 3.05) is 0 Å². The zero-order valence-electron chi connectivity index (χ0n) is 20.5. The molecule has 1 atom stereocenters. The molecule has 0 bridgehead atoms. The molecule has 36 heavy (non-hydrogen) atoms. The fraction of sp³-hybridized carbons (Fsp3) is 0.286. The Kier molecular flexibility index (Phi) is 6.26. The number of allylic oxidation sites excluding steroid dienone is 3. The molecule has 0 fully saturated rings. The number of hydrogen-bond acceptors (Lipinski definition) is 5. The second-order valence-electron chi connectivity index (χ2n) is 10.2. The number of carbonyl (C=O) groups excluding carboxylic acids is 2. The Morgan fingerprint density at radius 1 is 1.14 bits per heavy atom. The van der Waals surface area contributed by atoms with E-state index in [0.29, 0.717) is 28.3 Å². The van der Waals surface area contributed by atoms with Crippen molar-refractivity contribution in [3.8, 4) is 5.69 Å². The summed E-state index contributed by atoms with van der Waals surface area (Å²) in [4.78, 5) is 27.0. The van der Waals surface area contributed by atoms with E-state index in [0.717, 1.165) is 29.1 Å². The Morgan fingerprint density at radius 3 is 2.58 bits per heavy atom. The van der Waals surface area contributed by atoms with Gasteiger partial charge in [0.15, 0.2) is 5.78 Å². The Labute approximate surface area is 215 Å². The molecule has 0 saturated heterocycles. The van der Waals surface area contributed by atoms with E-state index >= 15 is 0 Å². The van der Waals surface area contributed by atoms with Crippen LogP contribution in [0.15, 0.2) is 83.3 Å². The second kappa shape index (κ2) is 9.39. The number of aromatic nitrogens is 3. The van der Waals surface area contributed by atoms with E-state index < -0.39 is 5.92 Å². The van der Waals surface area contributed by atoms with Crippen molar-refractivity contribution in [3.63, 3.8) is 0 Å². The largest absolute Gasteiger partial charge is 0.362 e. The monoisotopic (exact) mass is 501 g/mol. The van der Waals surface area contributed by atoms with E-state index in [4.69, 9.17) is 11.6 Å². The van der Waals surface area contributed by atoms with Crippen LogP contribution < -0.4 is 10.6 Å². The van der Waals surface area contributed by atoms with Crippen molar-refractivity contribution in [1.29, 1.82) is 0 Å². The molecule has 8 heteroatoms. The van der Waals surface area contributed by atoms with Crippen LogP contribution in [0, 0.1) is 5.41 Å². The predicted octanol–water partition coefficient (Wildman–Crippen LogP) is 4.84. The van der Waals surface area contributed by atoms with Crippen LogP contribution in [0.1, 0.15) is 50.8 Å². The highest BCUT2D eigenvalue weighted by atomic mass is 35.5. The third kappa shape index (κ3) is 4.71. The van der Waals surface area contributed by atoms with Gasteiger partial charge in [-0.25, -0.2) is 4.68 Å². The highest BCUT2D eigenvalue weighted by Crippen LogP contribution is 2.46. The van der Waals surface area contributed by atoms with E-state index in [1.54, 1.807) is 23.0 Å². The van der Waals surface area contributed by atoms with Crippen molar-refractivity contribution >= 4 is 23.3 Å². The Hall–Kier alpha value is -3.71. The lowest BCUT2D eigenvalue weighted by atomic mass is 9.68. The summed E-state index contributed by atoms with van der Waals surface area (Å²) in [5, 5.41) is 15.3. The number of hydrogen-bond donors (Lipinski definition) is 2. The van der Waals surface area contributed by atoms with E-state index in [1.165, 1.54) is 0 Å². The quantitative estimate of drug-likeness (QED) is 0.522. The fourth-order valence-corrected chi connectivity index (χ4v) is 5.20. The highest BCUT2D eigenvalue weighted by molar-refractivity contribution is 6.30. The zero-order chi connectivity index (χ0) is 25.4. The van der Waals surface area contributed by atoms with E-state index in [1.807, 2.05) is 49.4 Å². The van der Waals surface area contributed by atoms with Gasteiger partial charge in [0, 0.05) is 39.9 Å². The van der Waals surface area contributed by atoms with Gasteiger partial charge in [0.25, 0.3) is 0 Å². The first-order chi connectivity index (χ1) is 17.2. The van der Waals surface area contributed by atoms with Gasteiger partial charge in [-0.3, -0.25) is 9.59 Å². The number of rotatable bonds is 5. The Morgan fingerprint density at radius 2 is 1.86 bits per heavy atom. The van der Waals surface area contributed by atoms with Gasteiger partial charge in [-0.15, -0.1) is 5.10 Å². The summed E-state index contributed by atoms with van der Waals surface area (Å²) in [7, 11) is 0. The molecule has 1 unspecified atom stereocenters. The summed E-state index contributed by atoms with van der Waals surface area (Å²) in [6.45, 7) is 6.29. The average Bonchev–Trinajstić information content (AvgIpc) is 3.31. The average molecular weight is 502 g/mol. The number of dihydropyridines is 1. The van der Waals surface area contributed by atoms with Crippen LogP contribution in [-0.2, 0) is 16.1 Å². The molecule has 1 aliphatic carbocycles. The molecule has 5 rings (SSSR count). The highest BCUT2D eigenvalue weighted by Gasteiger charge is 2.42. The minimum atomic E-state index is -0.470. The molecule has 2 heterocycles. The first-order valence-electron chi connectivity index (χ1n) is 12.0. The number of halogens is 1. The maximum absolute atomic E-state index is 13.6.